The van der Waals surface area contributed by atoms with Crippen molar-refractivity contribution in [2.24, 2.45) is 5.92 Å². The van der Waals surface area contributed by atoms with E-state index in [2.05, 4.69) is 46.2 Å². The predicted octanol–water partition coefficient (Wildman–Crippen LogP) is 6.16. The van der Waals surface area contributed by atoms with E-state index in [0.29, 0.717) is 36.0 Å². The molecule has 3 fully saturated rings. The number of carboxylic acids is 1. The topological polar surface area (TPSA) is 60.9 Å². The first kappa shape index (κ1) is 22.1. The molecule has 4 aliphatic heterocycles. The van der Waals surface area contributed by atoms with E-state index in [1.54, 1.807) is 6.07 Å². The first-order valence-electron chi connectivity index (χ1n) is 13.9. The maximum Gasteiger partial charge on any atom is 0.335 e. The summed E-state index contributed by atoms with van der Waals surface area (Å²) in [5, 5.41) is 9.80. The number of amides is 1. The summed E-state index contributed by atoms with van der Waals surface area (Å²) >= 11 is 0. The number of carbonyl (C=O) groups is 2. The van der Waals surface area contributed by atoms with E-state index in [-0.39, 0.29) is 11.9 Å². The summed E-state index contributed by atoms with van der Waals surface area (Å²) in [4.78, 5) is 30.5. The van der Waals surface area contributed by atoms with Crippen LogP contribution in [0.2, 0.25) is 0 Å². The zero-order valence-corrected chi connectivity index (χ0v) is 20.7. The van der Waals surface area contributed by atoms with Gasteiger partial charge in [-0.25, -0.2) is 4.79 Å². The lowest BCUT2D eigenvalue weighted by molar-refractivity contribution is -0.128. The van der Waals surface area contributed by atoms with Crippen LogP contribution in [0.1, 0.15) is 96.8 Å². The number of anilines is 1. The van der Waals surface area contributed by atoms with E-state index in [1.165, 1.54) is 43.2 Å². The minimum atomic E-state index is -0.897. The molecule has 0 aromatic heterocycles. The number of hydrogen-bond acceptors (Lipinski definition) is 3. The molecule has 5 nitrogen and oxygen atoms in total. The maximum atomic E-state index is 14.0. The Morgan fingerprint density at radius 1 is 0.833 bits per heavy atom. The fourth-order valence-corrected chi connectivity index (χ4v) is 8.14. The van der Waals surface area contributed by atoms with Crippen LogP contribution in [0.25, 0.3) is 6.08 Å². The highest BCUT2D eigenvalue weighted by Gasteiger charge is 2.48. The molecule has 1 amide bonds. The van der Waals surface area contributed by atoms with Gasteiger partial charge in [0.1, 0.15) is 0 Å². The van der Waals surface area contributed by atoms with Crippen molar-refractivity contribution < 1.29 is 14.7 Å². The lowest BCUT2D eigenvalue weighted by Gasteiger charge is -2.36. The lowest BCUT2D eigenvalue weighted by atomic mass is 9.73. The third-order valence-electron chi connectivity index (χ3n) is 9.73. The van der Waals surface area contributed by atoms with Crippen LogP contribution >= 0.6 is 0 Å². The van der Waals surface area contributed by atoms with Crippen molar-refractivity contribution in [3.05, 3.63) is 70.3 Å². The number of hydrogen-bond donors (Lipinski definition) is 1. The number of rotatable bonds is 3. The highest BCUT2D eigenvalue weighted by molar-refractivity contribution is 6.00. The zero-order chi connectivity index (χ0) is 24.4. The Morgan fingerprint density at radius 2 is 1.56 bits per heavy atom. The summed E-state index contributed by atoms with van der Waals surface area (Å²) in [7, 11) is 0. The van der Waals surface area contributed by atoms with Gasteiger partial charge in [-0.1, -0.05) is 49.6 Å². The minimum Gasteiger partial charge on any atom is -0.478 e. The van der Waals surface area contributed by atoms with Gasteiger partial charge in [0.25, 0.3) is 5.91 Å². The van der Waals surface area contributed by atoms with E-state index < -0.39 is 5.97 Å². The van der Waals surface area contributed by atoms with Gasteiger partial charge in [-0.15, -0.1) is 0 Å². The van der Waals surface area contributed by atoms with Gasteiger partial charge < -0.3 is 14.9 Å². The largest absolute Gasteiger partial charge is 0.478 e. The van der Waals surface area contributed by atoms with Crippen molar-refractivity contribution in [3.63, 3.8) is 0 Å². The number of nitrogens with zero attached hydrogens (tertiary/aromatic N) is 2. The van der Waals surface area contributed by atoms with Crippen LogP contribution in [-0.2, 0) is 4.79 Å². The molecule has 1 N–H and O–H groups in total. The Balaban J connectivity index is 1.36. The van der Waals surface area contributed by atoms with E-state index >= 15 is 0 Å². The van der Waals surface area contributed by atoms with Gasteiger partial charge >= 0.3 is 5.97 Å². The van der Waals surface area contributed by atoms with Crippen molar-refractivity contribution in [2.45, 2.75) is 81.8 Å². The first-order chi connectivity index (χ1) is 17.6. The van der Waals surface area contributed by atoms with Crippen LogP contribution in [0.3, 0.4) is 0 Å². The molecule has 36 heavy (non-hydrogen) atoms. The van der Waals surface area contributed by atoms with Crippen LogP contribution in [0.4, 0.5) is 5.69 Å². The molecular weight excluding hydrogens is 448 g/mol. The Labute approximate surface area is 212 Å². The maximum absolute atomic E-state index is 14.0. The third kappa shape index (κ3) is 3.35. The van der Waals surface area contributed by atoms with Crippen molar-refractivity contribution in [3.8, 4) is 0 Å². The fourth-order valence-electron chi connectivity index (χ4n) is 8.14. The fraction of sp³-hybridized carbons (Fsp3) is 0.484. The van der Waals surface area contributed by atoms with E-state index in [9.17, 15) is 14.7 Å². The molecule has 2 atom stereocenters. The molecule has 7 rings (SSSR count). The molecule has 2 bridgehead atoms. The molecule has 1 saturated carbocycles. The molecule has 0 spiro atoms. The highest BCUT2D eigenvalue weighted by Crippen LogP contribution is 2.57. The average molecular weight is 483 g/mol. The van der Waals surface area contributed by atoms with Gasteiger partial charge in [0.05, 0.1) is 11.6 Å². The van der Waals surface area contributed by atoms with Crippen LogP contribution in [0.5, 0.6) is 0 Å². The number of carbonyl (C=O) groups excluding carboxylic acids is 1. The first-order valence-corrected chi connectivity index (χ1v) is 13.9. The van der Waals surface area contributed by atoms with Crippen molar-refractivity contribution in [2.75, 3.05) is 11.4 Å². The third-order valence-corrected chi connectivity index (χ3v) is 9.73. The molecular formula is C31H34N2O3. The Hall–Kier alpha value is -3.08. The van der Waals surface area contributed by atoms with Crippen LogP contribution in [0.15, 0.2) is 48.0 Å². The summed E-state index contributed by atoms with van der Waals surface area (Å²) in [5.41, 5.74) is 5.86. The second kappa shape index (κ2) is 8.50. The van der Waals surface area contributed by atoms with Gasteiger partial charge in [0.15, 0.2) is 0 Å². The molecule has 4 heterocycles. The van der Waals surface area contributed by atoms with Crippen molar-refractivity contribution in [1.82, 2.24) is 4.90 Å². The van der Waals surface area contributed by atoms with Crippen molar-refractivity contribution >= 4 is 23.6 Å². The van der Waals surface area contributed by atoms with Gasteiger partial charge in [0, 0.05) is 35.8 Å². The molecule has 2 aromatic rings. The number of fused-ring (bicyclic) bond motifs is 7. The Kier molecular flexibility index (Phi) is 5.23. The molecule has 2 saturated heterocycles. The van der Waals surface area contributed by atoms with Crippen LogP contribution < -0.4 is 4.90 Å². The summed E-state index contributed by atoms with van der Waals surface area (Å²) in [6.07, 6.45) is 12.9. The Bertz CT molecular complexity index is 1240. The SMILES string of the molecule is O=C(O)c1ccc2c(c1)N1CC(C(=O)N3C4CCC3CC4)=Cc3ccccc3C1C2C1CCCCC1. The number of carboxylic acid groups (broad SMARTS) is 1. The summed E-state index contributed by atoms with van der Waals surface area (Å²) in [5.74, 6) is 0.178. The second-order valence-corrected chi connectivity index (χ2v) is 11.5. The quantitative estimate of drug-likeness (QED) is 0.569. The molecule has 1 aliphatic carbocycles. The van der Waals surface area contributed by atoms with Crippen molar-refractivity contribution in [1.29, 1.82) is 0 Å². The zero-order valence-electron chi connectivity index (χ0n) is 20.7. The number of aromatic carboxylic acids is 1. The smallest absolute Gasteiger partial charge is 0.335 e. The average Bonchev–Trinajstić information content (AvgIpc) is 3.56. The van der Waals surface area contributed by atoms with E-state index in [4.69, 9.17) is 0 Å². The lowest BCUT2D eigenvalue weighted by Crippen LogP contribution is -2.39. The van der Waals surface area contributed by atoms with E-state index in [1.807, 2.05) is 6.07 Å². The standard InChI is InChI=1S/C31H34N2O3/c34-30(33-23-11-12-24(33)14-13-23)22-16-20-8-4-5-9-25(20)29-28(19-6-2-1-3-7-19)26-15-10-21(31(35)36)17-27(26)32(29)18-22/h4-5,8-10,15-17,19,23-24,28-29H,1-3,6-7,11-14,18H2,(H,35,36). The molecule has 2 unspecified atom stereocenters. The highest BCUT2D eigenvalue weighted by atomic mass is 16.4. The molecule has 5 heteroatoms. The number of benzene rings is 2. The monoisotopic (exact) mass is 482 g/mol. The van der Waals surface area contributed by atoms with Gasteiger partial charge in [0.2, 0.25) is 0 Å². The predicted molar refractivity (Wildman–Crippen MR) is 140 cm³/mol. The molecule has 186 valence electrons. The van der Waals surface area contributed by atoms with Crippen LogP contribution in [0, 0.1) is 5.92 Å². The summed E-state index contributed by atoms with van der Waals surface area (Å²) < 4.78 is 0. The van der Waals surface area contributed by atoms with Crippen LogP contribution in [-0.4, -0.2) is 40.5 Å². The molecule has 5 aliphatic rings. The Morgan fingerprint density at radius 3 is 2.28 bits per heavy atom. The second-order valence-electron chi connectivity index (χ2n) is 11.5. The molecule has 0 radical (unpaired) electrons. The van der Waals surface area contributed by atoms with E-state index in [0.717, 1.165) is 42.5 Å². The normalized spacial score (nSPS) is 28.8. The molecule has 2 aromatic carbocycles. The van der Waals surface area contributed by atoms with Gasteiger partial charge in [-0.3, -0.25) is 4.79 Å². The summed E-state index contributed by atoms with van der Waals surface area (Å²) in [6.45, 7) is 0.535. The van der Waals surface area contributed by atoms with Gasteiger partial charge in [-0.05, 0) is 79.3 Å². The minimum absolute atomic E-state index is 0.125. The summed E-state index contributed by atoms with van der Waals surface area (Å²) in [6, 6.07) is 15.2. The van der Waals surface area contributed by atoms with Gasteiger partial charge in [-0.2, -0.15) is 0 Å².